The lowest BCUT2D eigenvalue weighted by atomic mass is 9.88. The Labute approximate surface area is 370 Å². The maximum atomic E-state index is 2.48. The summed E-state index contributed by atoms with van der Waals surface area (Å²) in [7, 11) is 0. The molecule has 63 heavy (non-hydrogen) atoms. The number of hydrogen-bond donors (Lipinski definition) is 0. The van der Waals surface area contributed by atoms with Crippen molar-refractivity contribution in [1.29, 1.82) is 0 Å². The highest BCUT2D eigenvalue weighted by Gasteiger charge is 2.23. The van der Waals surface area contributed by atoms with Crippen LogP contribution in [0, 0.1) is 0 Å². The second kappa shape index (κ2) is 15.5. The fraction of sp³-hybridized carbons (Fsp3) is 0. The zero-order valence-corrected chi connectivity index (χ0v) is 35.2. The Morgan fingerprint density at radius 3 is 1.56 bits per heavy atom. The van der Waals surface area contributed by atoms with Gasteiger partial charge in [-0.3, -0.25) is 0 Å². The van der Waals surface area contributed by atoms with Crippen LogP contribution in [0.5, 0.6) is 0 Å². The topological polar surface area (TPSA) is 8.17 Å². The van der Waals surface area contributed by atoms with E-state index in [2.05, 4.69) is 252 Å². The van der Waals surface area contributed by atoms with E-state index < -0.39 is 0 Å². The minimum Gasteiger partial charge on any atom is -0.309 e. The van der Waals surface area contributed by atoms with E-state index in [4.69, 9.17) is 0 Å². The van der Waals surface area contributed by atoms with Crippen molar-refractivity contribution in [3.8, 4) is 50.2 Å². The van der Waals surface area contributed by atoms with Gasteiger partial charge in [-0.2, -0.15) is 0 Å². The monoisotopic (exact) mass is 820 g/mol. The molecule has 0 fully saturated rings. The van der Waals surface area contributed by atoms with Crippen LogP contribution in [0.15, 0.2) is 243 Å². The van der Waals surface area contributed by atoms with Gasteiger partial charge in [0.2, 0.25) is 0 Å². The molecule has 0 aliphatic carbocycles. The van der Waals surface area contributed by atoms with Gasteiger partial charge in [-0.15, -0.1) is 11.3 Å². The lowest BCUT2D eigenvalue weighted by molar-refractivity contribution is 1.18. The number of para-hydroxylation sites is 3. The first-order valence-corrected chi connectivity index (χ1v) is 22.3. The van der Waals surface area contributed by atoms with Gasteiger partial charge in [0, 0.05) is 43.2 Å². The number of rotatable bonds is 8. The Bertz CT molecular complexity index is 3580. The molecule has 10 aromatic carbocycles. The standard InChI is InChI=1S/C60H40N2S/c1-2-18-42(19-3-1)46-22-4-5-23-47(46)48-24-6-7-25-49(48)50-26-8-12-31-55(50)61(58-34-17-30-54-53-29-11-15-35-59(53)63-60(54)58)44-38-36-41(37-39-44)43-20-16-21-45(40-43)62-56-32-13-9-27-51(56)52-28-10-14-33-57(52)62/h1-40H. The summed E-state index contributed by atoms with van der Waals surface area (Å²) in [5.41, 5.74) is 16.4. The molecule has 0 unspecified atom stereocenters. The van der Waals surface area contributed by atoms with Gasteiger partial charge in [-0.1, -0.05) is 188 Å². The van der Waals surface area contributed by atoms with Crippen molar-refractivity contribution in [1.82, 2.24) is 4.57 Å². The molecule has 2 aromatic heterocycles. The van der Waals surface area contributed by atoms with Crippen LogP contribution in [0.2, 0.25) is 0 Å². The van der Waals surface area contributed by atoms with E-state index in [0.29, 0.717) is 0 Å². The van der Waals surface area contributed by atoms with Crippen LogP contribution in [0.4, 0.5) is 17.1 Å². The highest BCUT2D eigenvalue weighted by Crippen LogP contribution is 2.49. The summed E-state index contributed by atoms with van der Waals surface area (Å²) in [6.45, 7) is 0. The SMILES string of the molecule is c1ccc(-c2ccccc2-c2ccccc2-c2ccccc2N(c2ccc(-c3cccc(-n4c5ccccc5c5ccccc54)c3)cc2)c2cccc3c2sc2ccccc23)cc1. The lowest BCUT2D eigenvalue weighted by Gasteiger charge is -2.29. The number of benzene rings is 10. The first-order chi connectivity index (χ1) is 31.3. The van der Waals surface area contributed by atoms with E-state index in [-0.39, 0.29) is 0 Å². The van der Waals surface area contributed by atoms with Crippen LogP contribution in [-0.2, 0) is 0 Å². The van der Waals surface area contributed by atoms with Crippen molar-refractivity contribution in [2.45, 2.75) is 0 Å². The van der Waals surface area contributed by atoms with Crippen LogP contribution in [0.3, 0.4) is 0 Å². The van der Waals surface area contributed by atoms with Gasteiger partial charge >= 0.3 is 0 Å². The average molecular weight is 821 g/mol. The van der Waals surface area contributed by atoms with E-state index in [1.54, 1.807) is 0 Å². The van der Waals surface area contributed by atoms with Crippen molar-refractivity contribution in [3.63, 3.8) is 0 Å². The number of thiophene rings is 1. The van der Waals surface area contributed by atoms with Crippen LogP contribution < -0.4 is 4.90 Å². The minimum absolute atomic E-state index is 1.09. The normalized spacial score (nSPS) is 11.5. The molecule has 0 radical (unpaired) electrons. The number of hydrogen-bond acceptors (Lipinski definition) is 2. The predicted octanol–water partition coefficient (Wildman–Crippen LogP) is 17.3. The van der Waals surface area contributed by atoms with Gasteiger partial charge in [0.1, 0.15) is 0 Å². The van der Waals surface area contributed by atoms with E-state index in [1.807, 2.05) is 11.3 Å². The average Bonchev–Trinajstić information content (AvgIpc) is 3.91. The largest absolute Gasteiger partial charge is 0.309 e. The van der Waals surface area contributed by atoms with Gasteiger partial charge in [-0.05, 0) is 93.5 Å². The molecule has 0 spiro atoms. The van der Waals surface area contributed by atoms with Gasteiger partial charge in [0.25, 0.3) is 0 Å². The van der Waals surface area contributed by atoms with E-state index in [0.717, 1.165) is 33.9 Å². The van der Waals surface area contributed by atoms with Crippen molar-refractivity contribution in [2.24, 2.45) is 0 Å². The van der Waals surface area contributed by atoms with Gasteiger partial charge in [0.05, 0.1) is 27.1 Å². The molecule has 0 saturated heterocycles. The first-order valence-electron chi connectivity index (χ1n) is 21.5. The minimum atomic E-state index is 1.09. The Balaban J connectivity index is 1.02. The molecule has 0 atom stereocenters. The molecular weight excluding hydrogens is 781 g/mol. The zero-order valence-electron chi connectivity index (χ0n) is 34.4. The Kier molecular flexibility index (Phi) is 9.06. The highest BCUT2D eigenvalue weighted by atomic mass is 32.1. The summed E-state index contributed by atoms with van der Waals surface area (Å²) in [5, 5.41) is 5.08. The van der Waals surface area contributed by atoms with E-state index >= 15 is 0 Å². The van der Waals surface area contributed by atoms with Crippen LogP contribution in [0.25, 0.3) is 92.2 Å². The fourth-order valence-corrected chi connectivity index (χ4v) is 10.8. The molecule has 0 N–H and O–H groups in total. The summed E-state index contributed by atoms with van der Waals surface area (Å²) in [4.78, 5) is 2.48. The number of nitrogens with zero attached hydrogens (tertiary/aromatic N) is 2. The summed E-state index contributed by atoms with van der Waals surface area (Å²) >= 11 is 1.86. The summed E-state index contributed by atoms with van der Waals surface area (Å²) in [6.07, 6.45) is 0. The van der Waals surface area contributed by atoms with Crippen LogP contribution >= 0.6 is 11.3 Å². The third-order valence-electron chi connectivity index (χ3n) is 12.4. The molecular formula is C60H40N2S. The van der Waals surface area contributed by atoms with E-state index in [9.17, 15) is 0 Å². The summed E-state index contributed by atoms with van der Waals surface area (Å²) in [6, 6.07) is 88.4. The Hall–Kier alpha value is -7.98. The first kappa shape index (κ1) is 36.8. The molecule has 0 saturated carbocycles. The quantitative estimate of drug-likeness (QED) is 0.148. The second-order valence-corrected chi connectivity index (χ2v) is 17.1. The molecule has 0 amide bonds. The molecule has 296 valence electrons. The molecule has 12 aromatic rings. The Morgan fingerprint density at radius 1 is 0.317 bits per heavy atom. The van der Waals surface area contributed by atoms with Gasteiger partial charge < -0.3 is 9.47 Å². The number of anilines is 3. The fourth-order valence-electron chi connectivity index (χ4n) is 9.58. The lowest BCUT2D eigenvalue weighted by Crippen LogP contribution is -2.11. The van der Waals surface area contributed by atoms with Crippen molar-refractivity contribution < 1.29 is 0 Å². The molecule has 0 aliphatic rings. The number of aromatic nitrogens is 1. The molecule has 3 heteroatoms. The summed E-state index contributed by atoms with van der Waals surface area (Å²) < 4.78 is 4.94. The van der Waals surface area contributed by atoms with Crippen LogP contribution in [0.1, 0.15) is 0 Å². The number of fused-ring (bicyclic) bond motifs is 6. The second-order valence-electron chi connectivity index (χ2n) is 16.0. The molecule has 2 heterocycles. The maximum Gasteiger partial charge on any atom is 0.0640 e. The van der Waals surface area contributed by atoms with Gasteiger partial charge in [-0.25, -0.2) is 0 Å². The molecule has 0 bridgehead atoms. The third kappa shape index (κ3) is 6.33. The molecule has 12 rings (SSSR count). The smallest absolute Gasteiger partial charge is 0.0640 e. The van der Waals surface area contributed by atoms with Crippen molar-refractivity contribution in [3.05, 3.63) is 243 Å². The molecule has 0 aliphatic heterocycles. The maximum absolute atomic E-state index is 2.48. The van der Waals surface area contributed by atoms with Crippen molar-refractivity contribution in [2.75, 3.05) is 4.90 Å². The van der Waals surface area contributed by atoms with E-state index in [1.165, 1.54) is 75.4 Å². The zero-order chi connectivity index (χ0) is 41.7. The van der Waals surface area contributed by atoms with Crippen molar-refractivity contribution >= 4 is 70.4 Å². The predicted molar refractivity (Wildman–Crippen MR) is 270 cm³/mol. The van der Waals surface area contributed by atoms with Gasteiger partial charge in [0.15, 0.2) is 0 Å². The highest BCUT2D eigenvalue weighted by molar-refractivity contribution is 7.26. The summed E-state index contributed by atoms with van der Waals surface area (Å²) in [5.74, 6) is 0. The third-order valence-corrected chi connectivity index (χ3v) is 13.6. The Morgan fingerprint density at radius 2 is 0.825 bits per heavy atom. The molecule has 2 nitrogen and oxygen atoms in total. The van der Waals surface area contributed by atoms with Crippen LogP contribution in [-0.4, -0.2) is 4.57 Å².